The average molecular weight is 326 g/mol. The molecule has 0 atom stereocenters. The molecule has 0 fully saturated rings. The van der Waals surface area contributed by atoms with Gasteiger partial charge in [-0.1, -0.05) is 62.4 Å². The van der Waals surface area contributed by atoms with E-state index in [9.17, 15) is 0 Å². The molecule has 0 aliphatic heterocycles. The lowest BCUT2D eigenvalue weighted by Gasteiger charge is -2.10. The fraction of sp³-hybridized carbons (Fsp3) is 0.391. The van der Waals surface area contributed by atoms with Crippen LogP contribution in [0.5, 0.6) is 0 Å². The van der Waals surface area contributed by atoms with E-state index in [0.717, 1.165) is 25.8 Å². The van der Waals surface area contributed by atoms with Crippen molar-refractivity contribution in [1.29, 1.82) is 0 Å². The van der Waals surface area contributed by atoms with E-state index >= 15 is 0 Å². The highest BCUT2D eigenvalue weighted by molar-refractivity contribution is 5.83. The number of rotatable bonds is 4. The molecular formula is C23H35N. The highest BCUT2D eigenvalue weighted by Crippen LogP contribution is 2.33. The topological polar surface area (TPSA) is 12.0 Å². The minimum absolute atomic E-state index is 1.08. The van der Waals surface area contributed by atoms with Crippen molar-refractivity contribution < 1.29 is 0 Å². The summed E-state index contributed by atoms with van der Waals surface area (Å²) in [5.74, 6) is 0. The Hall–Kier alpha value is -1.86. The molecule has 0 aromatic heterocycles. The molecule has 0 saturated heterocycles. The van der Waals surface area contributed by atoms with Crippen LogP contribution in [0.1, 0.15) is 51.2 Å². The van der Waals surface area contributed by atoms with Gasteiger partial charge in [-0.05, 0) is 68.5 Å². The van der Waals surface area contributed by atoms with E-state index in [1.54, 1.807) is 0 Å². The van der Waals surface area contributed by atoms with Gasteiger partial charge in [-0.15, -0.1) is 13.2 Å². The Morgan fingerprint density at radius 1 is 1.12 bits per heavy atom. The van der Waals surface area contributed by atoms with Crippen LogP contribution in [0.3, 0.4) is 0 Å². The molecule has 24 heavy (non-hydrogen) atoms. The number of hydrogen-bond acceptors (Lipinski definition) is 1. The smallest absolute Gasteiger partial charge is 0.00546 e. The number of hydrogen-bond donors (Lipinski definition) is 1. The molecule has 0 heterocycles. The van der Waals surface area contributed by atoms with E-state index in [4.69, 9.17) is 0 Å². The Bertz CT molecular complexity index is 547. The van der Waals surface area contributed by atoms with Crippen molar-refractivity contribution in [2.24, 2.45) is 0 Å². The lowest BCUT2D eigenvalue weighted by atomic mass is 9.95. The molecule has 1 aromatic carbocycles. The molecular weight excluding hydrogens is 290 g/mol. The molecule has 0 unspecified atom stereocenters. The summed E-state index contributed by atoms with van der Waals surface area (Å²) < 4.78 is 0. The lowest BCUT2D eigenvalue weighted by Crippen LogP contribution is -2.04. The summed E-state index contributed by atoms with van der Waals surface area (Å²) in [7, 11) is 1.96. The molecule has 1 aliphatic carbocycles. The van der Waals surface area contributed by atoms with Crippen molar-refractivity contribution in [3.63, 3.8) is 0 Å². The Morgan fingerprint density at radius 2 is 1.79 bits per heavy atom. The van der Waals surface area contributed by atoms with Crippen LogP contribution in [0.4, 0.5) is 0 Å². The van der Waals surface area contributed by atoms with Gasteiger partial charge in [0.15, 0.2) is 0 Å². The summed E-state index contributed by atoms with van der Waals surface area (Å²) in [5, 5.41) is 3.02. The molecule has 1 nitrogen and oxygen atoms in total. The van der Waals surface area contributed by atoms with E-state index in [2.05, 4.69) is 82.2 Å². The van der Waals surface area contributed by atoms with Gasteiger partial charge in [0.25, 0.3) is 0 Å². The monoisotopic (exact) mass is 325 g/mol. The first-order valence-electron chi connectivity index (χ1n) is 8.94. The van der Waals surface area contributed by atoms with Crippen LogP contribution >= 0.6 is 0 Å². The van der Waals surface area contributed by atoms with E-state index in [0.29, 0.717) is 0 Å². The molecule has 0 radical (unpaired) electrons. The van der Waals surface area contributed by atoms with Crippen molar-refractivity contribution >= 4 is 5.57 Å². The quantitative estimate of drug-likeness (QED) is 0.636. The summed E-state index contributed by atoms with van der Waals surface area (Å²) in [5.41, 5.74) is 6.71. The highest BCUT2D eigenvalue weighted by atomic mass is 14.8. The normalized spacial score (nSPS) is 13.4. The van der Waals surface area contributed by atoms with Crippen molar-refractivity contribution in [2.75, 3.05) is 13.6 Å². The lowest BCUT2D eigenvalue weighted by molar-refractivity contribution is 0.772. The van der Waals surface area contributed by atoms with Gasteiger partial charge in [0.1, 0.15) is 0 Å². The molecule has 1 aromatic rings. The minimum Gasteiger partial charge on any atom is -0.320 e. The summed E-state index contributed by atoms with van der Waals surface area (Å²) in [6.45, 7) is 18.0. The van der Waals surface area contributed by atoms with E-state index in [1.807, 2.05) is 7.05 Å². The molecule has 1 N–H and O–H groups in total. The molecule has 1 aliphatic rings. The summed E-state index contributed by atoms with van der Waals surface area (Å²) in [6, 6.07) is 8.64. The SMILES string of the molecule is C=C.C=C1C(/C=C\CC)=C(C)CCc2ccccc21.CCCNC. The maximum absolute atomic E-state index is 4.29. The van der Waals surface area contributed by atoms with Gasteiger partial charge in [0.05, 0.1) is 0 Å². The average Bonchev–Trinajstić information content (AvgIpc) is 2.74. The van der Waals surface area contributed by atoms with E-state index < -0.39 is 0 Å². The van der Waals surface area contributed by atoms with Gasteiger partial charge < -0.3 is 5.32 Å². The number of fused-ring (bicyclic) bond motifs is 1. The zero-order valence-corrected chi connectivity index (χ0v) is 16.1. The first-order chi connectivity index (χ1) is 11.7. The Balaban J connectivity index is 0.000000650. The Labute approximate surface area is 149 Å². The molecule has 0 amide bonds. The predicted molar refractivity (Wildman–Crippen MR) is 111 cm³/mol. The molecule has 0 saturated carbocycles. The minimum atomic E-state index is 1.08. The van der Waals surface area contributed by atoms with Crippen LogP contribution in [-0.2, 0) is 6.42 Å². The standard InChI is InChI=1S/C17H20.C4H11N.C2H4/c1-4-5-9-16-13(2)11-12-15-8-6-7-10-17(15)14(16)3;1-3-4-5-2;1-2/h5-10H,3-4,11-12H2,1-2H3;5H,3-4H2,1-2H3;1-2H2/b9-5-;;. The summed E-state index contributed by atoms with van der Waals surface area (Å²) in [4.78, 5) is 0. The van der Waals surface area contributed by atoms with Gasteiger partial charge in [-0.25, -0.2) is 0 Å². The van der Waals surface area contributed by atoms with Gasteiger partial charge in [0, 0.05) is 0 Å². The van der Waals surface area contributed by atoms with E-state index in [-0.39, 0.29) is 0 Å². The van der Waals surface area contributed by atoms with Gasteiger partial charge in [0.2, 0.25) is 0 Å². The fourth-order valence-electron chi connectivity index (χ4n) is 2.62. The third-order valence-electron chi connectivity index (χ3n) is 3.92. The Kier molecular flexibility index (Phi) is 12.5. The predicted octanol–water partition coefficient (Wildman–Crippen LogP) is 6.35. The highest BCUT2D eigenvalue weighted by Gasteiger charge is 2.14. The van der Waals surface area contributed by atoms with Crippen LogP contribution in [0.2, 0.25) is 0 Å². The van der Waals surface area contributed by atoms with Gasteiger partial charge in [-0.3, -0.25) is 0 Å². The number of nitrogens with one attached hydrogen (secondary N) is 1. The van der Waals surface area contributed by atoms with E-state index in [1.165, 1.54) is 34.3 Å². The first kappa shape index (κ1) is 22.1. The maximum atomic E-state index is 4.29. The molecule has 2 rings (SSSR count). The van der Waals surface area contributed by atoms with Crippen LogP contribution in [-0.4, -0.2) is 13.6 Å². The van der Waals surface area contributed by atoms with Crippen molar-refractivity contribution in [2.45, 2.75) is 46.5 Å². The second-order valence-corrected chi connectivity index (χ2v) is 5.74. The van der Waals surface area contributed by atoms with Crippen LogP contribution < -0.4 is 5.32 Å². The summed E-state index contributed by atoms with van der Waals surface area (Å²) in [6.07, 6.45) is 9.03. The molecule has 132 valence electrons. The third kappa shape index (κ3) is 7.14. The zero-order chi connectivity index (χ0) is 18.4. The largest absolute Gasteiger partial charge is 0.320 e. The molecule has 0 bridgehead atoms. The van der Waals surface area contributed by atoms with Crippen LogP contribution in [0.25, 0.3) is 5.57 Å². The molecule has 0 spiro atoms. The van der Waals surface area contributed by atoms with Crippen molar-refractivity contribution in [3.05, 3.63) is 78.4 Å². The number of benzene rings is 1. The van der Waals surface area contributed by atoms with Gasteiger partial charge >= 0.3 is 0 Å². The van der Waals surface area contributed by atoms with Crippen LogP contribution in [0, 0.1) is 0 Å². The Morgan fingerprint density at radius 3 is 2.33 bits per heavy atom. The number of allylic oxidation sites excluding steroid dienone is 5. The van der Waals surface area contributed by atoms with Crippen molar-refractivity contribution in [3.8, 4) is 0 Å². The number of aryl methyl sites for hydroxylation is 1. The second-order valence-electron chi connectivity index (χ2n) is 5.74. The fourth-order valence-corrected chi connectivity index (χ4v) is 2.62. The van der Waals surface area contributed by atoms with Crippen LogP contribution in [0.15, 0.2) is 67.3 Å². The third-order valence-corrected chi connectivity index (χ3v) is 3.92. The second kappa shape index (κ2) is 13.6. The van der Waals surface area contributed by atoms with Gasteiger partial charge in [-0.2, -0.15) is 0 Å². The molecule has 1 heteroatoms. The first-order valence-corrected chi connectivity index (χ1v) is 8.94. The zero-order valence-electron chi connectivity index (χ0n) is 16.1. The van der Waals surface area contributed by atoms with Crippen molar-refractivity contribution in [1.82, 2.24) is 5.32 Å². The maximum Gasteiger partial charge on any atom is -0.00546 e. The summed E-state index contributed by atoms with van der Waals surface area (Å²) >= 11 is 0.